The Morgan fingerprint density at radius 1 is 1.32 bits per heavy atom. The van der Waals surface area contributed by atoms with Gasteiger partial charge in [-0.3, -0.25) is 0 Å². The monoisotopic (exact) mass is 322 g/mol. The Morgan fingerprint density at radius 3 is 2.41 bits per heavy atom. The molecule has 0 aliphatic heterocycles. The van der Waals surface area contributed by atoms with Gasteiger partial charge in [-0.2, -0.15) is 0 Å². The summed E-state index contributed by atoms with van der Waals surface area (Å²) in [6.07, 6.45) is 12.6. The molecule has 2 nitrogen and oxygen atoms in total. The smallest absolute Gasteiger partial charge is 0.192 e. The van der Waals surface area contributed by atoms with Crippen molar-refractivity contribution in [3.63, 3.8) is 0 Å². The quantitative estimate of drug-likeness (QED) is 0.380. The number of hydrogen-bond donors (Lipinski definition) is 0. The maximum absolute atomic E-state index is 11.4. The van der Waals surface area contributed by atoms with Crippen molar-refractivity contribution < 1.29 is 9.22 Å². The molecular formula is C19H34O2Si. The summed E-state index contributed by atoms with van der Waals surface area (Å²) in [6, 6.07) is 0. The highest BCUT2D eigenvalue weighted by Crippen LogP contribution is 2.61. The molecule has 1 saturated carbocycles. The van der Waals surface area contributed by atoms with Crippen molar-refractivity contribution in [2.45, 2.75) is 90.5 Å². The Labute approximate surface area is 137 Å². The zero-order valence-electron chi connectivity index (χ0n) is 15.4. The third-order valence-corrected chi connectivity index (χ3v) is 11.4. The van der Waals surface area contributed by atoms with Crippen LogP contribution in [0.25, 0.3) is 0 Å². The molecule has 0 saturated heterocycles. The summed E-state index contributed by atoms with van der Waals surface area (Å²) in [5, 5.41) is 0.240. The Bertz CT molecular complexity index is 449. The summed E-state index contributed by atoms with van der Waals surface area (Å²) in [4.78, 5) is 11.4. The molecule has 2 rings (SSSR count). The summed E-state index contributed by atoms with van der Waals surface area (Å²) in [6.45, 7) is 14.0. The number of carbonyl (C=O) groups is 1. The second-order valence-corrected chi connectivity index (χ2v) is 13.9. The number of carbonyl (C=O) groups excluding carboxylic acids is 1. The van der Waals surface area contributed by atoms with Crippen LogP contribution in [0.2, 0.25) is 18.1 Å². The minimum Gasteiger partial charge on any atom is -0.413 e. The molecule has 3 atom stereocenters. The highest BCUT2D eigenvalue weighted by molar-refractivity contribution is 6.74. The molecule has 0 heterocycles. The highest BCUT2D eigenvalue weighted by atomic mass is 28.4. The minimum absolute atomic E-state index is 0.0261. The van der Waals surface area contributed by atoms with Crippen molar-refractivity contribution in [3.8, 4) is 0 Å². The van der Waals surface area contributed by atoms with Crippen LogP contribution in [0.15, 0.2) is 12.2 Å². The third-order valence-electron chi connectivity index (χ3n) is 6.90. The van der Waals surface area contributed by atoms with Gasteiger partial charge in [-0.25, -0.2) is 0 Å². The van der Waals surface area contributed by atoms with Crippen molar-refractivity contribution in [3.05, 3.63) is 12.2 Å². The maximum Gasteiger partial charge on any atom is 0.192 e. The van der Waals surface area contributed by atoms with Gasteiger partial charge in [0.2, 0.25) is 0 Å². The van der Waals surface area contributed by atoms with Gasteiger partial charge in [0.15, 0.2) is 8.32 Å². The van der Waals surface area contributed by atoms with E-state index in [0.717, 1.165) is 25.5 Å². The fraction of sp³-hybridized carbons (Fsp3) is 0.842. The lowest BCUT2D eigenvalue weighted by Crippen LogP contribution is -2.59. The van der Waals surface area contributed by atoms with Crippen LogP contribution in [0, 0.1) is 10.8 Å². The van der Waals surface area contributed by atoms with Gasteiger partial charge in [0.05, 0.1) is 6.10 Å². The van der Waals surface area contributed by atoms with Crippen LogP contribution in [0.5, 0.6) is 0 Å². The number of hydrogen-bond acceptors (Lipinski definition) is 2. The average molecular weight is 323 g/mol. The zero-order valence-corrected chi connectivity index (χ0v) is 16.4. The van der Waals surface area contributed by atoms with E-state index in [0.29, 0.717) is 12.5 Å². The van der Waals surface area contributed by atoms with Crippen molar-refractivity contribution in [2.75, 3.05) is 0 Å². The molecule has 1 fully saturated rings. The lowest BCUT2D eigenvalue weighted by molar-refractivity contribution is -0.131. The van der Waals surface area contributed by atoms with E-state index >= 15 is 0 Å². The summed E-state index contributed by atoms with van der Waals surface area (Å²) in [5.74, 6) is 0. The molecule has 0 N–H and O–H groups in total. The van der Waals surface area contributed by atoms with Crippen molar-refractivity contribution in [2.24, 2.45) is 10.8 Å². The zero-order chi connectivity index (χ0) is 16.6. The second-order valence-electron chi connectivity index (χ2n) is 9.14. The van der Waals surface area contributed by atoms with E-state index in [2.05, 4.69) is 52.9 Å². The van der Waals surface area contributed by atoms with Gasteiger partial charge < -0.3 is 9.22 Å². The van der Waals surface area contributed by atoms with Gasteiger partial charge in [0.25, 0.3) is 0 Å². The lowest BCUT2D eigenvalue weighted by atomic mass is 9.49. The predicted molar refractivity (Wildman–Crippen MR) is 95.5 cm³/mol. The average Bonchev–Trinajstić information content (AvgIpc) is 2.43. The first-order valence-corrected chi connectivity index (χ1v) is 11.8. The van der Waals surface area contributed by atoms with Crippen LogP contribution in [0.1, 0.15) is 66.2 Å². The summed E-state index contributed by atoms with van der Waals surface area (Å²) in [5.41, 5.74) is 0.151. The minimum atomic E-state index is -1.76. The molecule has 0 aromatic heterocycles. The van der Waals surface area contributed by atoms with Gasteiger partial charge >= 0.3 is 0 Å². The van der Waals surface area contributed by atoms with Gasteiger partial charge in [-0.05, 0) is 50.2 Å². The van der Waals surface area contributed by atoms with Crippen LogP contribution in [0.4, 0.5) is 0 Å². The normalized spacial score (nSPS) is 36.0. The molecule has 0 aromatic rings. The molecule has 126 valence electrons. The van der Waals surface area contributed by atoms with Crippen molar-refractivity contribution >= 4 is 14.6 Å². The van der Waals surface area contributed by atoms with Gasteiger partial charge in [-0.1, -0.05) is 39.8 Å². The van der Waals surface area contributed by atoms with Crippen LogP contribution >= 0.6 is 0 Å². The highest BCUT2D eigenvalue weighted by Gasteiger charge is 2.58. The van der Waals surface area contributed by atoms with Crippen LogP contribution in [-0.4, -0.2) is 20.7 Å². The molecule has 2 aliphatic carbocycles. The standard InChI is InChI=1S/C19H34O2Si/c1-17(2,3)22(5,6)21-16-10-13-18(16,4)19(14-15-20)11-8-7-9-12-19/h8,11,15-16H,7,9-10,12-14H2,1-6H3/t16-,18+,19-/m1/s1. The van der Waals surface area contributed by atoms with E-state index in [1.54, 1.807) is 0 Å². The molecule has 0 spiro atoms. The first-order chi connectivity index (χ1) is 10.1. The van der Waals surface area contributed by atoms with Crippen LogP contribution in [-0.2, 0) is 9.22 Å². The molecular weight excluding hydrogens is 288 g/mol. The Balaban J connectivity index is 2.24. The van der Waals surface area contributed by atoms with E-state index in [-0.39, 0.29) is 15.9 Å². The first-order valence-electron chi connectivity index (χ1n) is 8.87. The molecule has 0 aromatic carbocycles. The third kappa shape index (κ3) is 2.87. The summed E-state index contributed by atoms with van der Waals surface area (Å²) in [7, 11) is -1.76. The van der Waals surface area contributed by atoms with E-state index in [9.17, 15) is 4.79 Å². The second kappa shape index (κ2) is 5.90. The fourth-order valence-electron chi connectivity index (χ4n) is 3.94. The van der Waals surface area contributed by atoms with Crippen molar-refractivity contribution in [1.29, 1.82) is 0 Å². The molecule has 2 aliphatic rings. The van der Waals surface area contributed by atoms with E-state index in [1.165, 1.54) is 12.8 Å². The van der Waals surface area contributed by atoms with Gasteiger partial charge in [0, 0.05) is 17.3 Å². The van der Waals surface area contributed by atoms with Crippen LogP contribution in [0.3, 0.4) is 0 Å². The van der Waals surface area contributed by atoms with E-state index < -0.39 is 8.32 Å². The Kier molecular flexibility index (Phi) is 4.81. The largest absolute Gasteiger partial charge is 0.413 e. The Morgan fingerprint density at radius 2 is 2.00 bits per heavy atom. The molecule has 22 heavy (non-hydrogen) atoms. The van der Waals surface area contributed by atoms with Gasteiger partial charge in [0.1, 0.15) is 6.29 Å². The molecule has 0 bridgehead atoms. The van der Waals surface area contributed by atoms with Gasteiger partial charge in [-0.15, -0.1) is 0 Å². The summed E-state index contributed by atoms with van der Waals surface area (Å²) >= 11 is 0. The van der Waals surface area contributed by atoms with Crippen molar-refractivity contribution in [1.82, 2.24) is 0 Å². The van der Waals surface area contributed by atoms with E-state index in [1.807, 2.05) is 0 Å². The number of rotatable bonds is 5. The SMILES string of the molecule is CC(C)(C)[Si](C)(C)O[C@@H]1CC[C@]1(C)[C@]1(CC=O)C=CCCC1. The maximum atomic E-state index is 11.4. The topological polar surface area (TPSA) is 26.3 Å². The van der Waals surface area contributed by atoms with E-state index in [4.69, 9.17) is 4.43 Å². The predicted octanol–water partition coefficient (Wildman–Crippen LogP) is 5.49. The molecule has 0 radical (unpaired) electrons. The lowest BCUT2D eigenvalue weighted by Gasteiger charge is -2.60. The summed E-state index contributed by atoms with van der Waals surface area (Å²) < 4.78 is 6.77. The molecule has 3 heteroatoms. The fourth-order valence-corrected chi connectivity index (χ4v) is 5.38. The molecule has 0 amide bonds. The Hall–Kier alpha value is -0.413. The number of allylic oxidation sites excluding steroid dienone is 2. The molecule has 0 unspecified atom stereocenters. The first kappa shape index (κ1) is 17.9. The number of aldehydes is 1. The van der Waals surface area contributed by atoms with Crippen LogP contribution < -0.4 is 0 Å².